The Bertz CT molecular complexity index is 498. The van der Waals surface area contributed by atoms with E-state index in [1.54, 1.807) is 13.3 Å². The van der Waals surface area contributed by atoms with Crippen LogP contribution in [0.3, 0.4) is 0 Å². The van der Waals surface area contributed by atoms with Crippen molar-refractivity contribution < 1.29 is 9.84 Å². The molecule has 2 aromatic rings. The van der Waals surface area contributed by atoms with Crippen molar-refractivity contribution in [1.82, 2.24) is 4.98 Å². The predicted molar refractivity (Wildman–Crippen MR) is 67.8 cm³/mol. The quantitative estimate of drug-likeness (QED) is 0.879. The van der Waals surface area contributed by atoms with Crippen LogP contribution in [-0.4, -0.2) is 23.3 Å². The fraction of sp³-hybridized carbons (Fsp3) is 0.357. The lowest BCUT2D eigenvalue weighted by molar-refractivity contribution is 0.0560. The molecule has 90 valence electrons. The molecular weight excluding hydrogens is 214 g/mol. The van der Waals surface area contributed by atoms with Gasteiger partial charge in [-0.05, 0) is 30.7 Å². The van der Waals surface area contributed by atoms with Gasteiger partial charge in [0.05, 0.1) is 17.7 Å². The highest BCUT2D eigenvalue weighted by Gasteiger charge is 2.12. The summed E-state index contributed by atoms with van der Waals surface area (Å²) in [7, 11) is 1.65. The number of aromatic nitrogens is 1. The summed E-state index contributed by atoms with van der Waals surface area (Å²) in [5.41, 5.74) is 1.86. The highest BCUT2D eigenvalue weighted by atomic mass is 16.5. The van der Waals surface area contributed by atoms with Gasteiger partial charge in [-0.1, -0.05) is 12.1 Å². The molecule has 0 aliphatic rings. The van der Waals surface area contributed by atoms with Gasteiger partial charge < -0.3 is 9.84 Å². The summed E-state index contributed by atoms with van der Waals surface area (Å²) in [5.74, 6) is 0. The molecule has 0 saturated carbocycles. The van der Waals surface area contributed by atoms with Gasteiger partial charge >= 0.3 is 0 Å². The topological polar surface area (TPSA) is 42.4 Å². The van der Waals surface area contributed by atoms with Crippen molar-refractivity contribution in [3.63, 3.8) is 0 Å². The van der Waals surface area contributed by atoms with Gasteiger partial charge in [0.15, 0.2) is 0 Å². The van der Waals surface area contributed by atoms with Gasteiger partial charge in [0, 0.05) is 25.1 Å². The molecule has 3 nitrogen and oxygen atoms in total. The fourth-order valence-corrected chi connectivity index (χ4v) is 1.85. The zero-order chi connectivity index (χ0) is 12.3. The van der Waals surface area contributed by atoms with E-state index in [0.717, 1.165) is 16.5 Å². The van der Waals surface area contributed by atoms with E-state index >= 15 is 0 Å². The number of ether oxygens (including phenoxy) is 1. The zero-order valence-electron chi connectivity index (χ0n) is 10.1. The number of aliphatic hydroxyl groups excluding tert-OH is 1. The molecular formula is C14H17NO2. The Balaban J connectivity index is 2.23. The molecule has 0 spiro atoms. The molecule has 1 aromatic heterocycles. The van der Waals surface area contributed by atoms with Crippen molar-refractivity contribution >= 4 is 10.9 Å². The Morgan fingerprint density at radius 1 is 1.35 bits per heavy atom. The van der Waals surface area contributed by atoms with Crippen LogP contribution in [0.2, 0.25) is 0 Å². The first-order valence-corrected chi connectivity index (χ1v) is 5.76. The lowest BCUT2D eigenvalue weighted by atomic mass is 10.0. The molecule has 2 rings (SSSR count). The van der Waals surface area contributed by atoms with Crippen molar-refractivity contribution in [2.75, 3.05) is 7.11 Å². The molecule has 0 radical (unpaired) electrons. The summed E-state index contributed by atoms with van der Waals surface area (Å²) in [4.78, 5) is 4.25. The number of rotatable bonds is 4. The lowest BCUT2D eigenvalue weighted by Gasteiger charge is -2.15. The van der Waals surface area contributed by atoms with Gasteiger partial charge in [0.1, 0.15) is 0 Å². The highest BCUT2D eigenvalue weighted by molar-refractivity contribution is 5.78. The van der Waals surface area contributed by atoms with Crippen LogP contribution in [0.5, 0.6) is 0 Å². The smallest absolute Gasteiger partial charge is 0.0814 e. The van der Waals surface area contributed by atoms with Crippen LogP contribution in [0.15, 0.2) is 36.5 Å². The van der Waals surface area contributed by atoms with Gasteiger partial charge in [-0.25, -0.2) is 0 Å². The van der Waals surface area contributed by atoms with Crippen LogP contribution < -0.4 is 0 Å². The predicted octanol–water partition coefficient (Wildman–Crippen LogP) is 2.69. The van der Waals surface area contributed by atoms with Gasteiger partial charge in [-0.15, -0.1) is 0 Å². The number of nitrogens with zero attached hydrogens (tertiary/aromatic N) is 1. The Morgan fingerprint density at radius 2 is 2.18 bits per heavy atom. The molecule has 1 N–H and O–H groups in total. The fourth-order valence-electron chi connectivity index (χ4n) is 1.85. The normalized spacial score (nSPS) is 14.8. The molecule has 0 aliphatic heterocycles. The van der Waals surface area contributed by atoms with Gasteiger partial charge in [0.25, 0.3) is 0 Å². The Labute approximate surface area is 101 Å². The number of fused-ring (bicyclic) bond motifs is 1. The standard InChI is InChI=1S/C14H17NO2/c1-10(17-2)8-14(16)12-5-6-13-11(9-12)4-3-7-15-13/h3-7,9-10,14,16H,8H2,1-2H3. The van der Waals surface area contributed by atoms with Crippen LogP contribution in [0.25, 0.3) is 10.9 Å². The van der Waals surface area contributed by atoms with Crippen LogP contribution in [-0.2, 0) is 4.74 Å². The van der Waals surface area contributed by atoms with E-state index in [1.165, 1.54) is 0 Å². The van der Waals surface area contributed by atoms with Crippen LogP contribution in [0.4, 0.5) is 0 Å². The minimum atomic E-state index is -0.491. The van der Waals surface area contributed by atoms with Gasteiger partial charge in [-0.2, -0.15) is 0 Å². The number of hydrogen-bond donors (Lipinski definition) is 1. The maximum atomic E-state index is 10.1. The molecule has 0 amide bonds. The SMILES string of the molecule is COC(C)CC(O)c1ccc2ncccc2c1. The summed E-state index contributed by atoms with van der Waals surface area (Å²) in [6, 6.07) is 9.73. The second-order valence-corrected chi connectivity index (χ2v) is 4.25. The first kappa shape index (κ1) is 12.0. The molecule has 1 heterocycles. The minimum absolute atomic E-state index is 0.0506. The van der Waals surface area contributed by atoms with E-state index in [4.69, 9.17) is 4.74 Å². The monoisotopic (exact) mass is 231 g/mol. The highest BCUT2D eigenvalue weighted by Crippen LogP contribution is 2.22. The van der Waals surface area contributed by atoms with Crippen molar-refractivity contribution in [3.8, 4) is 0 Å². The number of hydrogen-bond acceptors (Lipinski definition) is 3. The number of pyridine rings is 1. The van der Waals surface area contributed by atoms with E-state index in [9.17, 15) is 5.11 Å². The first-order chi connectivity index (χ1) is 8.20. The van der Waals surface area contributed by atoms with E-state index < -0.39 is 6.10 Å². The van der Waals surface area contributed by atoms with Crippen molar-refractivity contribution in [2.45, 2.75) is 25.6 Å². The lowest BCUT2D eigenvalue weighted by Crippen LogP contribution is -2.10. The summed E-state index contributed by atoms with van der Waals surface area (Å²) in [6.45, 7) is 1.95. The van der Waals surface area contributed by atoms with Crippen molar-refractivity contribution in [1.29, 1.82) is 0 Å². The third-order valence-electron chi connectivity index (χ3n) is 2.97. The summed E-state index contributed by atoms with van der Waals surface area (Å²) in [5, 5.41) is 11.1. The molecule has 0 fully saturated rings. The molecule has 0 aliphatic carbocycles. The number of methoxy groups -OCH3 is 1. The summed E-state index contributed by atoms with van der Waals surface area (Å²) < 4.78 is 5.16. The van der Waals surface area contributed by atoms with Crippen molar-refractivity contribution in [3.05, 3.63) is 42.1 Å². The molecule has 2 atom stereocenters. The van der Waals surface area contributed by atoms with Gasteiger partial charge in [-0.3, -0.25) is 4.98 Å². The number of benzene rings is 1. The Kier molecular flexibility index (Phi) is 3.71. The minimum Gasteiger partial charge on any atom is -0.388 e. The van der Waals surface area contributed by atoms with Gasteiger partial charge in [0.2, 0.25) is 0 Å². The van der Waals surface area contributed by atoms with E-state index in [0.29, 0.717) is 6.42 Å². The maximum Gasteiger partial charge on any atom is 0.0814 e. The van der Waals surface area contributed by atoms with E-state index in [1.807, 2.05) is 37.3 Å². The largest absolute Gasteiger partial charge is 0.388 e. The van der Waals surface area contributed by atoms with E-state index in [2.05, 4.69) is 4.98 Å². The second-order valence-electron chi connectivity index (χ2n) is 4.25. The Hall–Kier alpha value is -1.45. The number of aliphatic hydroxyl groups is 1. The third kappa shape index (κ3) is 2.81. The first-order valence-electron chi connectivity index (χ1n) is 5.76. The van der Waals surface area contributed by atoms with E-state index in [-0.39, 0.29) is 6.10 Å². The molecule has 0 bridgehead atoms. The summed E-state index contributed by atoms with van der Waals surface area (Å²) in [6.07, 6.45) is 1.93. The van der Waals surface area contributed by atoms with Crippen LogP contribution in [0.1, 0.15) is 25.0 Å². The summed E-state index contributed by atoms with van der Waals surface area (Å²) >= 11 is 0. The van der Waals surface area contributed by atoms with Crippen LogP contribution >= 0.6 is 0 Å². The van der Waals surface area contributed by atoms with Crippen LogP contribution in [0, 0.1) is 0 Å². The zero-order valence-corrected chi connectivity index (χ0v) is 10.1. The third-order valence-corrected chi connectivity index (χ3v) is 2.97. The average molecular weight is 231 g/mol. The second kappa shape index (κ2) is 5.25. The molecule has 1 aromatic carbocycles. The molecule has 3 heteroatoms. The molecule has 2 unspecified atom stereocenters. The molecule has 0 saturated heterocycles. The Morgan fingerprint density at radius 3 is 2.94 bits per heavy atom. The maximum absolute atomic E-state index is 10.1. The molecule has 17 heavy (non-hydrogen) atoms. The van der Waals surface area contributed by atoms with Crippen molar-refractivity contribution in [2.24, 2.45) is 0 Å². The average Bonchev–Trinajstić information content (AvgIpc) is 2.38.